The number of hydrogen-bond donors (Lipinski definition) is 0. The maximum Gasteiger partial charge on any atom is -0.0228 e. The van der Waals surface area contributed by atoms with Crippen LogP contribution in [0.15, 0.2) is 11.6 Å². The fraction of sp³-hybridized carbons (Fsp3) is 0.895. The first-order chi connectivity index (χ1) is 9.39. The van der Waals surface area contributed by atoms with Crippen LogP contribution in [0.1, 0.15) is 96.3 Å². The molecule has 0 radical (unpaired) electrons. The molecule has 19 heavy (non-hydrogen) atoms. The summed E-state index contributed by atoms with van der Waals surface area (Å²) in [7, 11) is 0. The minimum Gasteiger partial charge on any atom is -0.0848 e. The first-order valence-corrected chi connectivity index (χ1v) is 9.07. The molecule has 1 spiro atoms. The molecule has 0 heteroatoms. The van der Waals surface area contributed by atoms with Gasteiger partial charge < -0.3 is 0 Å². The Kier molecular flexibility index (Phi) is 4.66. The van der Waals surface area contributed by atoms with Gasteiger partial charge in [0.05, 0.1) is 0 Å². The Morgan fingerprint density at radius 1 is 0.789 bits per heavy atom. The molecule has 0 aromatic heterocycles. The highest BCUT2D eigenvalue weighted by atomic mass is 14.6. The summed E-state index contributed by atoms with van der Waals surface area (Å²) in [5.74, 6) is 1.10. The number of allylic oxidation sites excluding steroid dienone is 2. The molecule has 4 aliphatic carbocycles. The summed E-state index contributed by atoms with van der Waals surface area (Å²) in [6, 6.07) is 0. The zero-order valence-corrected chi connectivity index (χ0v) is 12.8. The van der Waals surface area contributed by atoms with E-state index in [1.807, 2.05) is 5.57 Å². The molecule has 0 saturated heterocycles. The maximum atomic E-state index is 2.65. The molecule has 2 bridgehead atoms. The van der Waals surface area contributed by atoms with E-state index in [0.717, 1.165) is 11.3 Å². The lowest BCUT2D eigenvalue weighted by Gasteiger charge is -2.22. The lowest BCUT2D eigenvalue weighted by Crippen LogP contribution is -2.09. The summed E-state index contributed by atoms with van der Waals surface area (Å²) in [6.07, 6.45) is 25.0. The van der Waals surface area contributed by atoms with E-state index in [1.54, 1.807) is 12.8 Å². The second-order valence-corrected chi connectivity index (χ2v) is 7.57. The lowest BCUT2D eigenvalue weighted by atomic mass is 9.83. The molecule has 0 unspecified atom stereocenters. The van der Waals surface area contributed by atoms with E-state index < -0.39 is 0 Å². The second kappa shape index (κ2) is 6.46. The van der Waals surface area contributed by atoms with E-state index in [9.17, 15) is 0 Å². The molecular formula is C19H32. The monoisotopic (exact) mass is 260 g/mol. The van der Waals surface area contributed by atoms with E-state index in [0.29, 0.717) is 0 Å². The van der Waals surface area contributed by atoms with Crippen molar-refractivity contribution in [3.63, 3.8) is 0 Å². The standard InChI is InChI=1S/C19H32/c1-2-4-6-8-10-13-19-14-12-17(15-18(19)16-19)11-9-7-5-3-1/h12,18H,1-11,13-16H2/t18-,19-/m1/s1. The van der Waals surface area contributed by atoms with Gasteiger partial charge in [-0.15, -0.1) is 0 Å². The van der Waals surface area contributed by atoms with E-state index in [4.69, 9.17) is 0 Å². The molecule has 0 nitrogen and oxygen atoms in total. The molecule has 2 saturated carbocycles. The molecule has 0 heterocycles. The van der Waals surface area contributed by atoms with Crippen molar-refractivity contribution in [2.24, 2.45) is 11.3 Å². The lowest BCUT2D eigenvalue weighted by molar-refractivity contribution is 0.378. The van der Waals surface area contributed by atoms with Gasteiger partial charge in [-0.05, 0) is 49.9 Å². The zero-order chi connectivity index (χ0) is 13.0. The van der Waals surface area contributed by atoms with Crippen molar-refractivity contribution in [1.82, 2.24) is 0 Å². The van der Waals surface area contributed by atoms with Gasteiger partial charge in [0, 0.05) is 0 Å². The van der Waals surface area contributed by atoms with Crippen LogP contribution in [0.5, 0.6) is 0 Å². The molecule has 2 atom stereocenters. The Morgan fingerprint density at radius 3 is 2.11 bits per heavy atom. The quantitative estimate of drug-likeness (QED) is 0.442. The highest BCUT2D eigenvalue weighted by Crippen LogP contribution is 2.63. The predicted molar refractivity (Wildman–Crippen MR) is 83.3 cm³/mol. The SMILES string of the molecule is C1=C2CCCCCCCCCCCC[C@@]3(C1)C[C@H]3C2. The highest BCUT2D eigenvalue weighted by molar-refractivity contribution is 5.19. The zero-order valence-electron chi connectivity index (χ0n) is 12.8. The Labute approximate surface area is 120 Å². The minimum atomic E-state index is 0.806. The largest absolute Gasteiger partial charge is 0.0848 e. The third-order valence-corrected chi connectivity index (χ3v) is 6.09. The van der Waals surface area contributed by atoms with Crippen LogP contribution in [0, 0.1) is 11.3 Å². The molecule has 0 aliphatic heterocycles. The van der Waals surface area contributed by atoms with Crippen LogP contribution in [0.25, 0.3) is 0 Å². The summed E-state index contributed by atoms with van der Waals surface area (Å²) >= 11 is 0. The van der Waals surface area contributed by atoms with Crippen LogP contribution in [0.2, 0.25) is 0 Å². The van der Waals surface area contributed by atoms with Crippen molar-refractivity contribution in [3.05, 3.63) is 11.6 Å². The summed E-state index contributed by atoms with van der Waals surface area (Å²) in [4.78, 5) is 0. The summed E-state index contributed by atoms with van der Waals surface area (Å²) < 4.78 is 0. The molecular weight excluding hydrogens is 228 g/mol. The van der Waals surface area contributed by atoms with E-state index in [-0.39, 0.29) is 0 Å². The van der Waals surface area contributed by atoms with Gasteiger partial charge in [0.1, 0.15) is 0 Å². The van der Waals surface area contributed by atoms with Crippen molar-refractivity contribution >= 4 is 0 Å². The Hall–Kier alpha value is -0.260. The fourth-order valence-electron chi connectivity index (χ4n) is 4.57. The smallest absolute Gasteiger partial charge is 0.0228 e. The van der Waals surface area contributed by atoms with E-state index in [2.05, 4.69) is 6.08 Å². The topological polar surface area (TPSA) is 0 Å². The highest BCUT2D eigenvalue weighted by Gasteiger charge is 2.53. The van der Waals surface area contributed by atoms with Crippen molar-refractivity contribution in [3.8, 4) is 0 Å². The van der Waals surface area contributed by atoms with Gasteiger partial charge in [0.2, 0.25) is 0 Å². The van der Waals surface area contributed by atoms with Crippen molar-refractivity contribution < 1.29 is 0 Å². The molecule has 0 aromatic carbocycles. The molecule has 0 aromatic rings. The van der Waals surface area contributed by atoms with Crippen LogP contribution in [0.4, 0.5) is 0 Å². The van der Waals surface area contributed by atoms with Gasteiger partial charge in [-0.25, -0.2) is 0 Å². The number of rotatable bonds is 0. The normalized spacial score (nSPS) is 37.5. The Morgan fingerprint density at radius 2 is 1.42 bits per heavy atom. The third kappa shape index (κ3) is 3.64. The molecule has 0 amide bonds. The van der Waals surface area contributed by atoms with Crippen molar-refractivity contribution in [2.75, 3.05) is 0 Å². The van der Waals surface area contributed by atoms with Gasteiger partial charge in [-0.3, -0.25) is 0 Å². The predicted octanol–water partition coefficient (Wildman–Crippen LogP) is 6.41. The van der Waals surface area contributed by atoms with Crippen LogP contribution in [-0.4, -0.2) is 0 Å². The van der Waals surface area contributed by atoms with Gasteiger partial charge in [-0.1, -0.05) is 69.4 Å². The summed E-state index contributed by atoms with van der Waals surface area (Å²) in [5, 5.41) is 0. The molecule has 4 aliphatic rings. The van der Waals surface area contributed by atoms with Gasteiger partial charge >= 0.3 is 0 Å². The molecule has 4 rings (SSSR count). The van der Waals surface area contributed by atoms with Gasteiger partial charge in [-0.2, -0.15) is 0 Å². The number of hydrogen-bond acceptors (Lipinski definition) is 0. The molecule has 2 fully saturated rings. The average Bonchev–Trinajstić information content (AvgIpc) is 3.12. The van der Waals surface area contributed by atoms with Crippen LogP contribution in [0.3, 0.4) is 0 Å². The van der Waals surface area contributed by atoms with E-state index in [1.165, 1.54) is 83.5 Å². The maximum absolute atomic E-state index is 2.65. The number of fused-ring (bicyclic) bond motifs is 12. The summed E-state index contributed by atoms with van der Waals surface area (Å²) in [6.45, 7) is 0. The fourth-order valence-corrected chi connectivity index (χ4v) is 4.57. The Balaban J connectivity index is 1.51. The van der Waals surface area contributed by atoms with Gasteiger partial charge in [0.25, 0.3) is 0 Å². The third-order valence-electron chi connectivity index (χ3n) is 6.09. The van der Waals surface area contributed by atoms with E-state index >= 15 is 0 Å². The first-order valence-electron chi connectivity index (χ1n) is 9.07. The Bertz CT molecular complexity index is 314. The molecule has 0 N–H and O–H groups in total. The second-order valence-electron chi connectivity index (χ2n) is 7.57. The average molecular weight is 260 g/mol. The van der Waals surface area contributed by atoms with Crippen LogP contribution >= 0.6 is 0 Å². The molecule has 108 valence electrons. The van der Waals surface area contributed by atoms with Crippen LogP contribution in [-0.2, 0) is 0 Å². The summed E-state index contributed by atoms with van der Waals surface area (Å²) in [5.41, 5.74) is 2.63. The first kappa shape index (κ1) is 13.7. The van der Waals surface area contributed by atoms with Gasteiger partial charge in [0.15, 0.2) is 0 Å². The minimum absolute atomic E-state index is 0.806. The van der Waals surface area contributed by atoms with Crippen molar-refractivity contribution in [1.29, 1.82) is 0 Å². The van der Waals surface area contributed by atoms with Crippen LogP contribution < -0.4 is 0 Å². The van der Waals surface area contributed by atoms with Crippen molar-refractivity contribution in [2.45, 2.75) is 96.3 Å².